The molecule has 0 saturated heterocycles. The van der Waals surface area contributed by atoms with Gasteiger partial charge in [-0.15, -0.1) is 0 Å². The van der Waals surface area contributed by atoms with Crippen LogP contribution in [0.2, 0.25) is 0 Å². The molecule has 3 aromatic rings. The maximum absolute atomic E-state index is 12.0. The van der Waals surface area contributed by atoms with Crippen molar-refractivity contribution in [2.24, 2.45) is 5.92 Å². The second-order valence-electron chi connectivity index (χ2n) is 6.06. The van der Waals surface area contributed by atoms with Crippen LogP contribution in [-0.4, -0.2) is 5.97 Å². The molecule has 0 aliphatic rings. The highest BCUT2D eigenvalue weighted by Gasteiger charge is 2.13. The second-order valence-corrected chi connectivity index (χ2v) is 6.06. The van der Waals surface area contributed by atoms with Crippen LogP contribution < -0.4 is 0 Å². The summed E-state index contributed by atoms with van der Waals surface area (Å²) in [6.07, 6.45) is 1.10. The maximum Gasteiger partial charge on any atom is 0.306 e. The second kappa shape index (κ2) is 7.78. The summed E-state index contributed by atoms with van der Waals surface area (Å²) in [7, 11) is 0. The van der Waals surface area contributed by atoms with Gasteiger partial charge in [0.15, 0.2) is 0 Å². The zero-order valence-electron chi connectivity index (χ0n) is 13.7. The number of carbonyl (C=O) groups is 1. The predicted octanol–water partition coefficient (Wildman–Crippen LogP) is 4.97. The summed E-state index contributed by atoms with van der Waals surface area (Å²) in [5, 5.41) is 2.44. The number of fused-ring (bicyclic) bond motifs is 1. The fraction of sp³-hybridized carbons (Fsp3) is 0.182. The molecule has 0 N–H and O–H groups in total. The van der Waals surface area contributed by atoms with Crippen LogP contribution >= 0.6 is 0 Å². The number of benzene rings is 3. The molecule has 0 aliphatic heterocycles. The molecule has 3 aromatic carbocycles. The largest absolute Gasteiger partial charge is 0.461 e. The quantitative estimate of drug-likeness (QED) is 0.600. The summed E-state index contributed by atoms with van der Waals surface area (Å²) >= 11 is 0. The predicted molar refractivity (Wildman–Crippen MR) is 97.4 cm³/mol. The van der Waals surface area contributed by atoms with Gasteiger partial charge in [0.05, 0.1) is 0 Å². The minimum atomic E-state index is -0.195. The Morgan fingerprint density at radius 1 is 0.917 bits per heavy atom. The average molecular weight is 317 g/mol. The lowest BCUT2D eigenvalue weighted by Crippen LogP contribution is -2.11. The lowest BCUT2D eigenvalue weighted by atomic mass is 9.94. The first-order valence-corrected chi connectivity index (χ1v) is 8.21. The van der Waals surface area contributed by atoms with Gasteiger partial charge in [0.25, 0.3) is 0 Å². The molecule has 1 radical (unpaired) electrons. The maximum atomic E-state index is 12.0. The van der Waals surface area contributed by atoms with Crippen molar-refractivity contribution >= 4 is 16.7 Å². The number of carbonyl (C=O) groups excluding carboxylic acids is 1. The van der Waals surface area contributed by atoms with Gasteiger partial charge in [0, 0.05) is 6.42 Å². The van der Waals surface area contributed by atoms with Crippen molar-refractivity contribution < 1.29 is 9.53 Å². The first-order valence-electron chi connectivity index (χ1n) is 8.21. The molecule has 0 bridgehead atoms. The molecular weight excluding hydrogens is 296 g/mol. The van der Waals surface area contributed by atoms with Gasteiger partial charge in [0.2, 0.25) is 0 Å². The summed E-state index contributed by atoms with van der Waals surface area (Å²) in [6.45, 7) is 4.45. The summed E-state index contributed by atoms with van der Waals surface area (Å²) < 4.78 is 5.34. The average Bonchev–Trinajstić information content (AvgIpc) is 2.61. The van der Waals surface area contributed by atoms with Gasteiger partial charge >= 0.3 is 5.97 Å². The van der Waals surface area contributed by atoms with Gasteiger partial charge in [0.1, 0.15) is 6.61 Å². The van der Waals surface area contributed by atoms with Crippen LogP contribution in [0.1, 0.15) is 17.5 Å². The topological polar surface area (TPSA) is 26.3 Å². The normalized spacial score (nSPS) is 12.0. The Labute approximate surface area is 143 Å². The summed E-state index contributed by atoms with van der Waals surface area (Å²) in [5.74, 6) is -0.196. The van der Waals surface area contributed by atoms with Gasteiger partial charge in [-0.05, 0) is 41.2 Å². The molecule has 3 rings (SSSR count). The zero-order chi connectivity index (χ0) is 16.8. The van der Waals surface area contributed by atoms with Gasteiger partial charge in [-0.1, -0.05) is 72.8 Å². The molecular formula is C22H21O2. The molecule has 0 amide bonds. The Bertz CT molecular complexity index is 803. The van der Waals surface area contributed by atoms with Crippen molar-refractivity contribution in [1.82, 2.24) is 0 Å². The van der Waals surface area contributed by atoms with Gasteiger partial charge < -0.3 is 4.74 Å². The lowest BCUT2D eigenvalue weighted by Gasteiger charge is -2.13. The van der Waals surface area contributed by atoms with Crippen molar-refractivity contribution in [3.8, 4) is 0 Å². The lowest BCUT2D eigenvalue weighted by molar-refractivity contribution is -0.145. The molecule has 0 spiro atoms. The highest BCUT2D eigenvalue weighted by molar-refractivity contribution is 5.85. The Morgan fingerprint density at radius 3 is 2.46 bits per heavy atom. The van der Waals surface area contributed by atoms with E-state index in [1.165, 1.54) is 16.3 Å². The van der Waals surface area contributed by atoms with E-state index < -0.39 is 0 Å². The first-order chi connectivity index (χ1) is 11.7. The number of rotatable bonds is 6. The third-order valence-electron chi connectivity index (χ3n) is 4.09. The van der Waals surface area contributed by atoms with E-state index in [0.29, 0.717) is 13.0 Å². The minimum absolute atomic E-state index is 0.000852. The Kier molecular flexibility index (Phi) is 5.27. The molecule has 2 nitrogen and oxygen atoms in total. The number of hydrogen-bond donors (Lipinski definition) is 0. The van der Waals surface area contributed by atoms with Crippen LogP contribution in [0.5, 0.6) is 0 Å². The molecule has 24 heavy (non-hydrogen) atoms. The standard InChI is InChI=1S/C22H21O2/c1-17(15-22(23)24-16-18-8-3-2-4-9-18)14-20-12-7-11-19-10-5-6-13-21(19)20/h2-13,17H,1,14-16H2. The minimum Gasteiger partial charge on any atom is -0.461 e. The van der Waals surface area contributed by atoms with E-state index >= 15 is 0 Å². The van der Waals surface area contributed by atoms with Crippen LogP contribution in [0.25, 0.3) is 10.8 Å². The van der Waals surface area contributed by atoms with Crippen LogP contribution in [0, 0.1) is 12.8 Å². The molecule has 0 aromatic heterocycles. The fourth-order valence-corrected chi connectivity index (χ4v) is 2.89. The van der Waals surface area contributed by atoms with Crippen LogP contribution in [-0.2, 0) is 22.6 Å². The van der Waals surface area contributed by atoms with Crippen LogP contribution in [0.15, 0.2) is 72.8 Å². The monoisotopic (exact) mass is 317 g/mol. The summed E-state index contributed by atoms with van der Waals surface area (Å²) in [4.78, 5) is 12.0. The highest BCUT2D eigenvalue weighted by Crippen LogP contribution is 2.22. The fourth-order valence-electron chi connectivity index (χ4n) is 2.89. The Hall–Kier alpha value is -2.61. The van der Waals surface area contributed by atoms with Crippen LogP contribution in [0.3, 0.4) is 0 Å². The highest BCUT2D eigenvalue weighted by atomic mass is 16.5. The summed E-state index contributed by atoms with van der Waals surface area (Å²) in [5.41, 5.74) is 2.23. The molecule has 1 atom stereocenters. The van der Waals surface area contributed by atoms with Crippen molar-refractivity contribution in [3.05, 3.63) is 90.8 Å². The van der Waals surface area contributed by atoms with Gasteiger partial charge in [-0.2, -0.15) is 0 Å². The SMILES string of the molecule is [CH2]C(CC(=O)OCc1ccccc1)Cc1cccc2ccccc12. The van der Waals surface area contributed by atoms with Gasteiger partial charge in [-0.25, -0.2) is 0 Å². The Balaban J connectivity index is 1.56. The van der Waals surface area contributed by atoms with E-state index in [1.807, 2.05) is 42.5 Å². The zero-order valence-corrected chi connectivity index (χ0v) is 13.7. The smallest absolute Gasteiger partial charge is 0.306 e. The van der Waals surface area contributed by atoms with Crippen molar-refractivity contribution in [2.75, 3.05) is 0 Å². The molecule has 2 heteroatoms. The van der Waals surface area contributed by atoms with E-state index in [-0.39, 0.29) is 11.9 Å². The molecule has 0 heterocycles. The van der Waals surface area contributed by atoms with Crippen molar-refractivity contribution in [1.29, 1.82) is 0 Å². The molecule has 121 valence electrons. The third kappa shape index (κ3) is 4.23. The molecule has 0 saturated carbocycles. The van der Waals surface area contributed by atoms with E-state index in [1.54, 1.807) is 0 Å². The molecule has 0 fully saturated rings. The number of esters is 1. The number of hydrogen-bond acceptors (Lipinski definition) is 2. The van der Waals surface area contributed by atoms with E-state index in [0.717, 1.165) is 12.0 Å². The van der Waals surface area contributed by atoms with Gasteiger partial charge in [-0.3, -0.25) is 4.79 Å². The Morgan fingerprint density at radius 2 is 1.62 bits per heavy atom. The summed E-state index contributed by atoms with van der Waals surface area (Å²) in [6, 6.07) is 24.3. The van der Waals surface area contributed by atoms with E-state index in [9.17, 15) is 4.79 Å². The van der Waals surface area contributed by atoms with Crippen molar-refractivity contribution in [2.45, 2.75) is 19.4 Å². The van der Waals surface area contributed by atoms with E-state index in [2.05, 4.69) is 37.3 Å². The van der Waals surface area contributed by atoms with E-state index in [4.69, 9.17) is 4.74 Å². The van der Waals surface area contributed by atoms with Crippen molar-refractivity contribution in [3.63, 3.8) is 0 Å². The third-order valence-corrected chi connectivity index (χ3v) is 4.09. The number of ether oxygens (including phenoxy) is 1. The first kappa shape index (κ1) is 16.3. The molecule has 1 unspecified atom stereocenters. The molecule has 0 aliphatic carbocycles. The van der Waals surface area contributed by atoms with Crippen LogP contribution in [0.4, 0.5) is 0 Å².